The maximum absolute atomic E-state index is 13.4. The molecule has 6 rings (SSSR count). The summed E-state index contributed by atoms with van der Waals surface area (Å²) >= 11 is 0. The van der Waals surface area contributed by atoms with Crippen molar-refractivity contribution in [3.05, 3.63) is 89.9 Å². The summed E-state index contributed by atoms with van der Waals surface area (Å²) in [7, 11) is 1.92. The number of hydrogen-bond acceptors (Lipinski definition) is 7. The molecule has 1 saturated heterocycles. The molecule has 224 valence electrons. The van der Waals surface area contributed by atoms with Gasteiger partial charge in [0.2, 0.25) is 11.8 Å². The molecule has 1 aliphatic rings. The SMILES string of the molecule is CC(=O)NC1CCN(c2ccc(NC(=O)c3ccc(C)c(Oc4nc(-c5cccnc5)nc5ccn(C)c45)c3)cc2C)CC1. The van der Waals surface area contributed by atoms with Crippen LogP contribution in [0.25, 0.3) is 22.4 Å². The highest BCUT2D eigenvalue weighted by Gasteiger charge is 2.21. The first-order valence-corrected chi connectivity index (χ1v) is 14.7. The molecule has 0 aliphatic carbocycles. The van der Waals surface area contributed by atoms with E-state index in [4.69, 9.17) is 14.7 Å². The Balaban J connectivity index is 1.20. The smallest absolute Gasteiger partial charge is 0.255 e. The minimum absolute atomic E-state index is 0.0180. The number of aryl methyl sites for hydroxylation is 3. The zero-order valence-electron chi connectivity index (χ0n) is 25.3. The molecule has 2 aromatic carbocycles. The van der Waals surface area contributed by atoms with E-state index in [1.165, 1.54) is 0 Å². The number of benzene rings is 2. The Kier molecular flexibility index (Phi) is 7.97. The van der Waals surface area contributed by atoms with Crippen LogP contribution in [0.4, 0.5) is 11.4 Å². The van der Waals surface area contributed by atoms with Gasteiger partial charge in [-0.05, 0) is 86.3 Å². The summed E-state index contributed by atoms with van der Waals surface area (Å²) < 4.78 is 8.31. The lowest BCUT2D eigenvalue weighted by molar-refractivity contribution is -0.119. The Hall–Kier alpha value is -5.25. The van der Waals surface area contributed by atoms with Gasteiger partial charge >= 0.3 is 0 Å². The fraction of sp³-hybridized carbons (Fsp3) is 0.265. The molecule has 0 spiro atoms. The van der Waals surface area contributed by atoms with E-state index in [0.717, 1.165) is 65.0 Å². The number of aromatic nitrogens is 4. The van der Waals surface area contributed by atoms with Gasteiger partial charge in [-0.25, -0.2) is 4.98 Å². The minimum atomic E-state index is -0.235. The normalized spacial score (nSPS) is 13.6. The van der Waals surface area contributed by atoms with Crippen molar-refractivity contribution in [3.8, 4) is 23.0 Å². The molecular weight excluding hydrogens is 554 g/mol. The van der Waals surface area contributed by atoms with Gasteiger partial charge in [0.15, 0.2) is 5.82 Å². The highest BCUT2D eigenvalue weighted by molar-refractivity contribution is 6.04. The van der Waals surface area contributed by atoms with E-state index in [9.17, 15) is 9.59 Å². The van der Waals surface area contributed by atoms with Gasteiger partial charge in [-0.15, -0.1) is 0 Å². The van der Waals surface area contributed by atoms with Crippen molar-refractivity contribution in [2.75, 3.05) is 23.3 Å². The molecule has 1 aliphatic heterocycles. The number of ether oxygens (including phenoxy) is 1. The summed E-state index contributed by atoms with van der Waals surface area (Å²) in [6, 6.07) is 17.3. The largest absolute Gasteiger partial charge is 0.437 e. The molecule has 3 aromatic heterocycles. The summed E-state index contributed by atoms with van der Waals surface area (Å²) in [5.74, 6) is 1.22. The quantitative estimate of drug-likeness (QED) is 0.247. The molecule has 0 saturated carbocycles. The Morgan fingerprint density at radius 2 is 1.80 bits per heavy atom. The Bertz CT molecular complexity index is 1840. The average Bonchev–Trinajstić information content (AvgIpc) is 3.39. The third-order valence-corrected chi connectivity index (χ3v) is 7.96. The van der Waals surface area contributed by atoms with Gasteiger partial charge < -0.3 is 24.8 Å². The van der Waals surface area contributed by atoms with E-state index in [0.29, 0.717) is 23.0 Å². The number of rotatable bonds is 7. The van der Waals surface area contributed by atoms with Crippen molar-refractivity contribution in [3.63, 3.8) is 0 Å². The first kappa shape index (κ1) is 28.9. The number of amides is 2. The fourth-order valence-corrected chi connectivity index (χ4v) is 5.65. The topological polar surface area (TPSA) is 114 Å². The van der Waals surface area contributed by atoms with E-state index in [-0.39, 0.29) is 17.9 Å². The van der Waals surface area contributed by atoms with Crippen molar-refractivity contribution in [2.45, 2.75) is 39.7 Å². The van der Waals surface area contributed by atoms with Crippen LogP contribution >= 0.6 is 0 Å². The third kappa shape index (κ3) is 6.10. The predicted molar refractivity (Wildman–Crippen MR) is 171 cm³/mol. The summed E-state index contributed by atoms with van der Waals surface area (Å²) in [6.07, 6.45) is 7.15. The van der Waals surface area contributed by atoms with Crippen LogP contribution in [0.1, 0.15) is 41.3 Å². The molecule has 5 aromatic rings. The lowest BCUT2D eigenvalue weighted by Crippen LogP contribution is -2.44. The number of carbonyl (C=O) groups excluding carboxylic acids is 2. The molecule has 10 heteroatoms. The number of carbonyl (C=O) groups is 2. The van der Waals surface area contributed by atoms with Crippen LogP contribution in [0.15, 0.2) is 73.2 Å². The van der Waals surface area contributed by atoms with Crippen LogP contribution < -0.4 is 20.3 Å². The second-order valence-electron chi connectivity index (χ2n) is 11.3. The van der Waals surface area contributed by atoms with Gasteiger partial charge in [-0.2, -0.15) is 4.98 Å². The number of fused-ring (bicyclic) bond motifs is 1. The number of hydrogen-bond donors (Lipinski definition) is 2. The Labute approximate surface area is 256 Å². The maximum atomic E-state index is 13.4. The standard InChI is InChI=1S/C34H35N7O3/c1-21-7-8-24(33(43)37-27-9-10-29(22(2)18-27)41-16-11-26(12-17-41)36-23(3)42)19-30(21)44-34-31-28(13-15-40(31)4)38-32(39-34)25-6-5-14-35-20-25/h5-10,13-15,18-20,26H,11-12,16-17H2,1-4H3,(H,36,42)(H,37,43). The average molecular weight is 590 g/mol. The van der Waals surface area contributed by atoms with E-state index in [2.05, 4.69) is 27.4 Å². The molecule has 44 heavy (non-hydrogen) atoms. The number of piperidine rings is 1. The molecule has 0 atom stereocenters. The second-order valence-corrected chi connectivity index (χ2v) is 11.3. The lowest BCUT2D eigenvalue weighted by Gasteiger charge is -2.34. The third-order valence-electron chi connectivity index (χ3n) is 7.96. The molecule has 1 fully saturated rings. The van der Waals surface area contributed by atoms with Crippen LogP contribution in [0.3, 0.4) is 0 Å². The molecule has 0 radical (unpaired) electrons. The summed E-state index contributed by atoms with van der Waals surface area (Å²) in [4.78, 5) is 40.7. The summed E-state index contributed by atoms with van der Waals surface area (Å²) in [6.45, 7) is 7.29. The molecule has 0 bridgehead atoms. The van der Waals surface area contributed by atoms with Crippen LogP contribution in [0.5, 0.6) is 11.6 Å². The van der Waals surface area contributed by atoms with Crippen LogP contribution in [0.2, 0.25) is 0 Å². The molecular formula is C34H35N7O3. The zero-order valence-corrected chi connectivity index (χ0v) is 25.3. The van der Waals surface area contributed by atoms with Gasteiger partial charge in [-0.3, -0.25) is 14.6 Å². The van der Waals surface area contributed by atoms with Crippen molar-refractivity contribution in [2.24, 2.45) is 7.05 Å². The number of anilines is 2. The molecule has 2 amide bonds. The first-order valence-electron chi connectivity index (χ1n) is 14.7. The predicted octanol–water partition coefficient (Wildman–Crippen LogP) is 5.80. The molecule has 4 heterocycles. The number of nitrogens with zero attached hydrogens (tertiary/aromatic N) is 5. The second kappa shape index (κ2) is 12.2. The van der Waals surface area contributed by atoms with E-state index in [1.807, 2.05) is 67.2 Å². The Morgan fingerprint density at radius 1 is 0.977 bits per heavy atom. The monoisotopic (exact) mass is 589 g/mol. The van der Waals surface area contributed by atoms with E-state index >= 15 is 0 Å². The van der Waals surface area contributed by atoms with Crippen molar-refractivity contribution < 1.29 is 14.3 Å². The fourth-order valence-electron chi connectivity index (χ4n) is 5.65. The highest BCUT2D eigenvalue weighted by Crippen LogP contribution is 2.33. The highest BCUT2D eigenvalue weighted by atomic mass is 16.5. The number of nitrogens with one attached hydrogen (secondary N) is 2. The van der Waals surface area contributed by atoms with Gasteiger partial charge in [0.1, 0.15) is 11.3 Å². The van der Waals surface area contributed by atoms with Crippen LogP contribution in [-0.2, 0) is 11.8 Å². The van der Waals surface area contributed by atoms with Crippen molar-refractivity contribution in [1.82, 2.24) is 24.8 Å². The minimum Gasteiger partial charge on any atom is -0.437 e. The first-order chi connectivity index (χ1) is 21.2. The van der Waals surface area contributed by atoms with Crippen LogP contribution in [-0.4, -0.2) is 50.5 Å². The molecule has 2 N–H and O–H groups in total. The van der Waals surface area contributed by atoms with Crippen molar-refractivity contribution >= 4 is 34.2 Å². The van der Waals surface area contributed by atoms with Gasteiger partial charge in [0, 0.05) is 74.2 Å². The maximum Gasteiger partial charge on any atom is 0.255 e. The van der Waals surface area contributed by atoms with Gasteiger partial charge in [0.25, 0.3) is 5.91 Å². The summed E-state index contributed by atoms with van der Waals surface area (Å²) in [5.41, 5.74) is 6.55. The van der Waals surface area contributed by atoms with Crippen LogP contribution in [0, 0.1) is 13.8 Å². The molecule has 10 nitrogen and oxygen atoms in total. The zero-order chi connectivity index (χ0) is 30.8. The van der Waals surface area contributed by atoms with Crippen molar-refractivity contribution in [1.29, 1.82) is 0 Å². The Morgan fingerprint density at radius 3 is 2.52 bits per heavy atom. The summed E-state index contributed by atoms with van der Waals surface area (Å²) in [5, 5.41) is 6.06. The molecule has 0 unspecified atom stereocenters. The number of pyridine rings is 1. The van der Waals surface area contributed by atoms with E-state index in [1.54, 1.807) is 31.5 Å². The van der Waals surface area contributed by atoms with Gasteiger partial charge in [0.05, 0.1) is 5.52 Å². The van der Waals surface area contributed by atoms with E-state index < -0.39 is 0 Å². The van der Waals surface area contributed by atoms with Gasteiger partial charge in [-0.1, -0.05) is 6.07 Å². The lowest BCUT2D eigenvalue weighted by atomic mass is 10.0.